The number of amides is 11. The van der Waals surface area contributed by atoms with Crippen molar-refractivity contribution in [3.05, 3.63) is 35.4 Å². The van der Waals surface area contributed by atoms with Gasteiger partial charge in [0, 0.05) is 62.2 Å². The third-order valence-corrected chi connectivity index (χ3v) is 16.7. The Bertz CT molecular complexity index is 2640. The van der Waals surface area contributed by atoms with Crippen molar-refractivity contribution < 1.29 is 71.0 Å². The van der Waals surface area contributed by atoms with Gasteiger partial charge in [-0.15, -0.1) is 0 Å². The number of carbonyl (C=O) groups is 11. The van der Waals surface area contributed by atoms with Crippen LogP contribution in [-0.4, -0.2) is 215 Å². The summed E-state index contributed by atoms with van der Waals surface area (Å²) in [7, 11) is 8.50. The van der Waals surface area contributed by atoms with Crippen LogP contribution in [0.4, 0.5) is 13.2 Å². The predicted molar refractivity (Wildman–Crippen MR) is 346 cm³/mol. The van der Waals surface area contributed by atoms with Gasteiger partial charge in [-0.2, -0.15) is 13.2 Å². The molecule has 0 saturated carbocycles. The van der Waals surface area contributed by atoms with Gasteiger partial charge in [0.25, 0.3) is 0 Å². The minimum atomic E-state index is -4.67. The van der Waals surface area contributed by atoms with E-state index in [4.69, 9.17) is 0 Å². The number of alkyl halides is 3. The summed E-state index contributed by atoms with van der Waals surface area (Å²) in [5.41, 5.74) is -0.746. The third kappa shape index (κ3) is 24.9. The second kappa shape index (κ2) is 37.7. The second-order valence-electron chi connectivity index (χ2n) is 27.0. The molecule has 0 aliphatic carbocycles. The monoisotopic (exact) mass is 1310 g/mol. The molecule has 0 heterocycles. The topological polar surface area (TPSA) is 288 Å². The number of aliphatic hydroxyl groups excluding tert-OH is 1. The van der Waals surface area contributed by atoms with E-state index in [9.17, 15) is 71.0 Å². The van der Waals surface area contributed by atoms with E-state index in [1.807, 2.05) is 62.3 Å². The van der Waals surface area contributed by atoms with Gasteiger partial charge in [0.15, 0.2) is 0 Å². The molecule has 0 radical (unpaired) electrons. The summed E-state index contributed by atoms with van der Waals surface area (Å²) in [6.45, 7) is 29.5. The molecule has 0 bridgehead atoms. The van der Waals surface area contributed by atoms with Crippen LogP contribution in [0.3, 0.4) is 0 Å². The largest absolute Gasteiger partial charge is 0.416 e. The summed E-state index contributed by atoms with van der Waals surface area (Å²) in [5.74, 6) is -8.39. The molecule has 1 aromatic carbocycles. The molecule has 1 rings (SSSR count). The zero-order chi connectivity index (χ0) is 71.3. The average molecular weight is 1310 g/mol. The van der Waals surface area contributed by atoms with E-state index in [-0.39, 0.29) is 79.7 Å². The molecule has 0 aromatic heterocycles. The van der Waals surface area contributed by atoms with Gasteiger partial charge in [0.2, 0.25) is 65.0 Å². The van der Waals surface area contributed by atoms with Crippen molar-refractivity contribution in [1.29, 1.82) is 0 Å². The summed E-state index contributed by atoms with van der Waals surface area (Å²) < 4.78 is 40.7. The summed E-state index contributed by atoms with van der Waals surface area (Å²) in [6.07, 6.45) is -5.34. The maximum Gasteiger partial charge on any atom is 0.416 e. The molecule has 0 spiro atoms. The number of nitrogens with zero attached hydrogens (tertiary/aromatic N) is 6. The van der Waals surface area contributed by atoms with Crippen molar-refractivity contribution in [3.63, 3.8) is 0 Å². The minimum Gasteiger partial charge on any atom is -0.391 e. The Balaban J connectivity index is 3.62. The van der Waals surface area contributed by atoms with Crippen LogP contribution in [0.1, 0.15) is 167 Å². The lowest BCUT2D eigenvalue weighted by Crippen LogP contribution is -2.62. The van der Waals surface area contributed by atoms with Gasteiger partial charge in [-0.1, -0.05) is 102 Å². The number of rotatable bonds is 36. The lowest BCUT2D eigenvalue weighted by atomic mass is 9.95. The highest BCUT2D eigenvalue weighted by Crippen LogP contribution is 2.30. The van der Waals surface area contributed by atoms with Crippen LogP contribution in [0, 0.1) is 35.5 Å². The highest BCUT2D eigenvalue weighted by Gasteiger charge is 2.43. The van der Waals surface area contributed by atoms with E-state index in [0.717, 1.165) is 39.0 Å². The number of likely N-dealkylation sites (N-methyl/N-ethyl adjacent to an activating group) is 7. The van der Waals surface area contributed by atoms with Crippen LogP contribution < -0.4 is 26.6 Å². The van der Waals surface area contributed by atoms with Gasteiger partial charge in [0.1, 0.15) is 60.4 Å². The van der Waals surface area contributed by atoms with Gasteiger partial charge in [-0.25, -0.2) is 0 Å². The molecule has 6 N–H and O–H groups in total. The first kappa shape index (κ1) is 83.2. The summed E-state index contributed by atoms with van der Waals surface area (Å²) in [5, 5.41) is 24.5. The molecule has 12 atom stereocenters. The molecule has 26 heteroatoms. The molecule has 11 amide bonds. The second-order valence-corrected chi connectivity index (χ2v) is 27.0. The van der Waals surface area contributed by atoms with Gasteiger partial charge in [0.05, 0.1) is 11.7 Å². The molecule has 0 aliphatic rings. The molecule has 0 saturated heterocycles. The van der Waals surface area contributed by atoms with Gasteiger partial charge < -0.3 is 61.1 Å². The number of nitrogens with one attached hydrogen (secondary N) is 5. The van der Waals surface area contributed by atoms with Crippen LogP contribution in [-0.2, 0) is 65.3 Å². The first-order chi connectivity index (χ1) is 42.4. The van der Waals surface area contributed by atoms with E-state index >= 15 is 0 Å². The highest BCUT2D eigenvalue weighted by molar-refractivity contribution is 5.99. The van der Waals surface area contributed by atoms with Crippen molar-refractivity contribution in [1.82, 2.24) is 56.0 Å². The summed E-state index contributed by atoms with van der Waals surface area (Å²) in [4.78, 5) is 163. The maximum atomic E-state index is 14.9. The first-order valence-corrected chi connectivity index (χ1v) is 32.3. The molecular weight excluding hydrogens is 1200 g/mol. The van der Waals surface area contributed by atoms with E-state index in [1.165, 1.54) is 84.7 Å². The SMILES string of the molecule is CCNC(=O)[C@H](CC(C)C)N(C)C(=O)[C@H](Cc1ccc(C(F)(F)F)cc1)NC(=O)[C@@H](NC(=O)[C@H](CC(C)C)N(C)C(=O)[C@H](CC(C)C)N(C)C(=O)[C@H](C)N(C)C(=O)[C@H](C)NC(=O)[C@@H](NC(=O)[C@H](CC(C)C)N(C)C(=O)[C@H](CC(C)C)N(C)C(C)=O)[C@@H](C)CC)[C@@H](C)O. The number of aliphatic hydroxyl groups is 1. The molecule has 524 valence electrons. The Morgan fingerprint density at radius 2 is 0.815 bits per heavy atom. The first-order valence-electron chi connectivity index (χ1n) is 32.3. The number of benzene rings is 1. The maximum absolute atomic E-state index is 14.9. The standard InChI is InChI=1S/C66H112F3N11O12/c1-24-41(13)54(73-57(84)50(31-37(5)6)78(21)64(91)52(33-39(9)10)76(19)45(17)82)59(86)71-42(14)61(88)75(18)43(15)62(89)80(23)53(34-40(11)12)65(92)79(22)51(32-38(7)8)58(85)74-55(44(16)81)60(87)72-48(35-46-26-28-47(29-27-46)66(67,68)69)63(90)77(20)49(30-36(3)4)56(83)70-25-2/h26-29,36-44,48-55,81H,24-25,30-35H2,1-23H3,(H,70,83)(H,71,86)(H,72,87)(H,73,84)(H,74,85)/t41-,42-,43-,44+,48-,49-,50-,51-,52-,53-,54-,55-/m0/s1. The fourth-order valence-electron chi connectivity index (χ4n) is 10.7. The number of hydrogen-bond donors (Lipinski definition) is 6. The summed E-state index contributed by atoms with van der Waals surface area (Å²) in [6, 6.07) is -8.47. The van der Waals surface area contributed by atoms with Gasteiger partial charge in [-0.05, 0) is 113 Å². The minimum absolute atomic E-state index is 0.0120. The smallest absolute Gasteiger partial charge is 0.391 e. The zero-order valence-electron chi connectivity index (χ0n) is 59.0. The fraction of sp³-hybridized carbons (Fsp3) is 0.742. The van der Waals surface area contributed by atoms with E-state index in [0.29, 0.717) is 12.8 Å². The van der Waals surface area contributed by atoms with E-state index in [2.05, 4.69) is 26.6 Å². The number of halogens is 3. The Morgan fingerprint density at radius 1 is 0.446 bits per heavy atom. The van der Waals surface area contributed by atoms with Crippen LogP contribution in [0.25, 0.3) is 0 Å². The zero-order valence-corrected chi connectivity index (χ0v) is 59.0. The Kier molecular flexibility index (Phi) is 34.1. The Hall–Kier alpha value is -6.86. The van der Waals surface area contributed by atoms with Crippen molar-refractivity contribution in [2.45, 2.75) is 235 Å². The van der Waals surface area contributed by atoms with Crippen molar-refractivity contribution in [2.75, 3.05) is 48.8 Å². The number of carbonyl (C=O) groups excluding carboxylic acids is 11. The third-order valence-electron chi connectivity index (χ3n) is 16.7. The molecule has 92 heavy (non-hydrogen) atoms. The summed E-state index contributed by atoms with van der Waals surface area (Å²) >= 11 is 0. The molecule has 1 aromatic rings. The van der Waals surface area contributed by atoms with Gasteiger partial charge in [-0.3, -0.25) is 52.7 Å². The number of hydrogen-bond acceptors (Lipinski definition) is 12. The lowest BCUT2D eigenvalue weighted by molar-refractivity contribution is -0.152. The fourth-order valence-corrected chi connectivity index (χ4v) is 10.7. The van der Waals surface area contributed by atoms with Crippen LogP contribution in [0.15, 0.2) is 24.3 Å². The van der Waals surface area contributed by atoms with Gasteiger partial charge >= 0.3 is 6.18 Å². The van der Waals surface area contributed by atoms with E-state index in [1.54, 1.807) is 27.7 Å². The molecule has 0 unspecified atom stereocenters. The van der Waals surface area contributed by atoms with Crippen LogP contribution in [0.2, 0.25) is 0 Å². The predicted octanol–water partition coefficient (Wildman–Crippen LogP) is 5.00. The lowest BCUT2D eigenvalue weighted by Gasteiger charge is -2.38. The van der Waals surface area contributed by atoms with Crippen molar-refractivity contribution >= 4 is 65.0 Å². The van der Waals surface area contributed by atoms with Crippen LogP contribution >= 0.6 is 0 Å². The Morgan fingerprint density at radius 3 is 1.20 bits per heavy atom. The van der Waals surface area contributed by atoms with Crippen molar-refractivity contribution in [2.24, 2.45) is 35.5 Å². The van der Waals surface area contributed by atoms with E-state index < -0.39 is 143 Å². The molecular formula is C66H112F3N11O12. The quantitative estimate of drug-likeness (QED) is 0.0518. The van der Waals surface area contributed by atoms with Crippen molar-refractivity contribution in [3.8, 4) is 0 Å². The normalized spacial score (nSPS) is 15.7. The molecule has 0 fully saturated rings. The molecule has 0 aliphatic heterocycles. The van der Waals surface area contributed by atoms with Crippen LogP contribution in [0.5, 0.6) is 0 Å². The highest BCUT2D eigenvalue weighted by atomic mass is 19.4. The Labute approximate surface area is 545 Å². The molecule has 23 nitrogen and oxygen atoms in total. The average Bonchev–Trinajstić information content (AvgIpc) is 0.843.